The molecular formula is C27H36N3O4P. The Kier molecular flexibility index (Phi) is 11.1. The van der Waals surface area contributed by atoms with E-state index in [4.69, 9.17) is 30.8 Å². The Morgan fingerprint density at radius 3 is 1.00 bits per heavy atom. The molecule has 0 atom stereocenters. The number of hydrogen-bond acceptors (Lipinski definition) is 7. The molecule has 0 amide bonds. The zero-order chi connectivity index (χ0) is 24.9. The molecule has 0 saturated carbocycles. The minimum absolute atomic E-state index is 0.0857. The van der Waals surface area contributed by atoms with Crippen molar-refractivity contribution in [3.8, 4) is 0 Å². The molecule has 0 unspecified atom stereocenters. The van der Waals surface area contributed by atoms with Crippen LogP contribution in [0.5, 0.6) is 0 Å². The molecule has 8 heteroatoms. The van der Waals surface area contributed by atoms with Crippen LogP contribution < -0.4 is 17.2 Å². The third-order valence-corrected chi connectivity index (χ3v) is 7.07. The molecule has 0 aliphatic rings. The van der Waals surface area contributed by atoms with E-state index in [1.807, 2.05) is 72.8 Å². The van der Waals surface area contributed by atoms with Crippen molar-refractivity contribution >= 4 is 7.82 Å². The van der Waals surface area contributed by atoms with E-state index >= 15 is 0 Å². The van der Waals surface area contributed by atoms with Crippen molar-refractivity contribution in [1.29, 1.82) is 0 Å². The lowest BCUT2D eigenvalue weighted by Gasteiger charge is -2.20. The number of benzene rings is 3. The quantitative estimate of drug-likeness (QED) is 0.268. The normalized spacial score (nSPS) is 11.6. The van der Waals surface area contributed by atoms with Crippen LogP contribution in [0.15, 0.2) is 72.8 Å². The second kappa shape index (κ2) is 14.3. The Balaban J connectivity index is 1.79. The Labute approximate surface area is 208 Å². The van der Waals surface area contributed by atoms with Gasteiger partial charge in [-0.15, -0.1) is 0 Å². The molecule has 3 aromatic carbocycles. The van der Waals surface area contributed by atoms with Crippen LogP contribution in [-0.4, -0.2) is 19.6 Å². The number of rotatable bonds is 15. The van der Waals surface area contributed by atoms with Gasteiger partial charge in [0.15, 0.2) is 0 Å². The van der Waals surface area contributed by atoms with E-state index in [0.717, 1.165) is 33.4 Å². The van der Waals surface area contributed by atoms with E-state index in [9.17, 15) is 4.57 Å². The average molecular weight is 498 g/mol. The molecule has 0 radical (unpaired) electrons. The Hall–Kier alpha value is -2.35. The van der Waals surface area contributed by atoms with Crippen molar-refractivity contribution in [2.24, 2.45) is 17.2 Å². The molecule has 188 valence electrons. The first-order valence-electron chi connectivity index (χ1n) is 11.9. The topological polar surface area (TPSA) is 123 Å². The lowest BCUT2D eigenvalue weighted by Crippen LogP contribution is -2.09. The van der Waals surface area contributed by atoms with Gasteiger partial charge in [0.05, 0.1) is 19.8 Å². The monoisotopic (exact) mass is 497 g/mol. The summed E-state index contributed by atoms with van der Waals surface area (Å²) in [6, 6.07) is 23.4. The highest BCUT2D eigenvalue weighted by atomic mass is 31.2. The van der Waals surface area contributed by atoms with Gasteiger partial charge in [0.25, 0.3) is 0 Å². The summed E-state index contributed by atoms with van der Waals surface area (Å²) in [4.78, 5) is 0. The van der Waals surface area contributed by atoms with Crippen LogP contribution in [0, 0.1) is 0 Å². The first kappa shape index (κ1) is 27.2. The first-order chi connectivity index (χ1) is 17.1. The molecule has 3 rings (SSSR count). The molecule has 0 aromatic heterocycles. The lowest BCUT2D eigenvalue weighted by molar-refractivity contribution is 0.0973. The highest BCUT2D eigenvalue weighted by Crippen LogP contribution is 2.52. The Morgan fingerprint density at radius 2 is 0.743 bits per heavy atom. The van der Waals surface area contributed by atoms with Crippen molar-refractivity contribution in [2.75, 3.05) is 19.6 Å². The fraction of sp³-hybridized carbons (Fsp3) is 0.333. The van der Waals surface area contributed by atoms with E-state index in [1.54, 1.807) is 0 Å². The molecular weight excluding hydrogens is 461 g/mol. The van der Waals surface area contributed by atoms with E-state index in [1.165, 1.54) is 0 Å². The lowest BCUT2D eigenvalue weighted by atomic mass is 10.1. The van der Waals surface area contributed by atoms with E-state index < -0.39 is 7.82 Å². The summed E-state index contributed by atoms with van der Waals surface area (Å²) in [6.45, 7) is 1.79. The van der Waals surface area contributed by atoms with Gasteiger partial charge in [0, 0.05) is 0 Å². The standard InChI is InChI=1S/C27H36N3O4P/c28-16-13-22-7-1-4-10-25(22)19-32-35(31,33-20-26-11-5-2-8-23(26)14-17-29)34-21-27-12-6-3-9-24(27)15-18-30/h1-12H,13-21,28-30H2. The van der Waals surface area contributed by atoms with E-state index in [-0.39, 0.29) is 19.8 Å². The van der Waals surface area contributed by atoms with Crippen molar-refractivity contribution in [2.45, 2.75) is 39.1 Å². The minimum atomic E-state index is -3.93. The van der Waals surface area contributed by atoms with Crippen LogP contribution in [0.3, 0.4) is 0 Å². The van der Waals surface area contributed by atoms with Crippen molar-refractivity contribution < 1.29 is 18.1 Å². The summed E-state index contributed by atoms with van der Waals surface area (Å²) in [6.07, 6.45) is 2.10. The summed E-state index contributed by atoms with van der Waals surface area (Å²) in [5, 5.41) is 0. The Bertz CT molecular complexity index is 972. The number of phosphoric ester groups is 1. The predicted molar refractivity (Wildman–Crippen MR) is 140 cm³/mol. The number of nitrogens with two attached hydrogens (primary N) is 3. The molecule has 0 aliphatic heterocycles. The van der Waals surface area contributed by atoms with Crippen molar-refractivity contribution in [3.05, 3.63) is 106 Å². The maximum atomic E-state index is 13.8. The van der Waals surface area contributed by atoms with E-state index in [0.29, 0.717) is 38.9 Å². The van der Waals surface area contributed by atoms with Crippen LogP contribution >= 0.6 is 7.82 Å². The van der Waals surface area contributed by atoms with Crippen molar-refractivity contribution in [3.63, 3.8) is 0 Å². The van der Waals surface area contributed by atoms with E-state index in [2.05, 4.69) is 0 Å². The molecule has 0 saturated heterocycles. The van der Waals surface area contributed by atoms with Crippen LogP contribution in [-0.2, 0) is 57.2 Å². The fourth-order valence-corrected chi connectivity index (χ4v) is 4.97. The average Bonchev–Trinajstić information content (AvgIpc) is 2.88. The van der Waals surface area contributed by atoms with Gasteiger partial charge in [-0.25, -0.2) is 4.57 Å². The van der Waals surface area contributed by atoms with Gasteiger partial charge in [-0.3, -0.25) is 13.6 Å². The fourth-order valence-electron chi connectivity index (χ4n) is 3.85. The summed E-state index contributed by atoms with van der Waals surface area (Å²) in [5.41, 5.74) is 23.1. The molecule has 3 aromatic rings. The van der Waals surface area contributed by atoms with Gasteiger partial charge >= 0.3 is 7.82 Å². The molecule has 6 N–H and O–H groups in total. The second-order valence-electron chi connectivity index (χ2n) is 8.19. The maximum absolute atomic E-state index is 13.8. The van der Waals surface area contributed by atoms with Crippen LogP contribution in [0.4, 0.5) is 0 Å². The first-order valence-corrected chi connectivity index (χ1v) is 13.4. The van der Waals surface area contributed by atoms with Crippen LogP contribution in [0.2, 0.25) is 0 Å². The molecule has 7 nitrogen and oxygen atoms in total. The minimum Gasteiger partial charge on any atom is -0.330 e. The largest absolute Gasteiger partial charge is 0.475 e. The molecule has 0 bridgehead atoms. The van der Waals surface area contributed by atoms with Crippen molar-refractivity contribution in [1.82, 2.24) is 0 Å². The maximum Gasteiger partial charge on any atom is 0.475 e. The summed E-state index contributed by atoms with van der Waals surface area (Å²) >= 11 is 0. The molecule has 0 aliphatic carbocycles. The molecule has 0 heterocycles. The smallest absolute Gasteiger partial charge is 0.330 e. The summed E-state index contributed by atoms with van der Waals surface area (Å²) in [7, 11) is -3.93. The van der Waals surface area contributed by atoms with Crippen LogP contribution in [0.1, 0.15) is 33.4 Å². The van der Waals surface area contributed by atoms with Gasteiger partial charge < -0.3 is 17.2 Å². The van der Waals surface area contributed by atoms with Gasteiger partial charge in [0.2, 0.25) is 0 Å². The van der Waals surface area contributed by atoms with Gasteiger partial charge in [-0.1, -0.05) is 72.8 Å². The van der Waals surface area contributed by atoms with Gasteiger partial charge in [-0.05, 0) is 72.3 Å². The molecule has 0 fully saturated rings. The van der Waals surface area contributed by atoms with Gasteiger partial charge in [-0.2, -0.15) is 0 Å². The molecule has 35 heavy (non-hydrogen) atoms. The van der Waals surface area contributed by atoms with Crippen LogP contribution in [0.25, 0.3) is 0 Å². The zero-order valence-corrected chi connectivity index (χ0v) is 21.0. The predicted octanol–water partition coefficient (Wildman–Crippen LogP) is 4.25. The summed E-state index contributed by atoms with van der Waals surface area (Å²) < 4.78 is 31.4. The van der Waals surface area contributed by atoms with Gasteiger partial charge in [0.1, 0.15) is 0 Å². The highest BCUT2D eigenvalue weighted by Gasteiger charge is 2.28. The Morgan fingerprint density at radius 1 is 0.486 bits per heavy atom. The SMILES string of the molecule is NCCc1ccccc1COP(=O)(OCc1ccccc1CCN)OCc1ccccc1CCN. The number of hydrogen-bond donors (Lipinski definition) is 3. The second-order valence-corrected chi connectivity index (χ2v) is 9.86. The third kappa shape index (κ3) is 8.37. The highest BCUT2D eigenvalue weighted by molar-refractivity contribution is 7.48. The zero-order valence-electron chi connectivity index (χ0n) is 20.1. The summed E-state index contributed by atoms with van der Waals surface area (Å²) in [5.74, 6) is 0. The number of phosphoric acid groups is 1. The molecule has 0 spiro atoms. The third-order valence-electron chi connectivity index (χ3n) is 5.73.